The lowest BCUT2D eigenvalue weighted by molar-refractivity contribution is 0.0949. The molecule has 1 aliphatic rings. The SMILES string of the molecule is CCCNc1ncc(C(=O)Nc2cc(C(=O)NC3CC3)ccc2C)s1. The first kappa shape index (κ1) is 17.4. The van der Waals surface area contributed by atoms with E-state index in [1.165, 1.54) is 11.3 Å². The lowest BCUT2D eigenvalue weighted by Crippen LogP contribution is -2.25. The van der Waals surface area contributed by atoms with E-state index in [0.29, 0.717) is 22.2 Å². The number of hydrogen-bond acceptors (Lipinski definition) is 5. The van der Waals surface area contributed by atoms with Crippen molar-refractivity contribution in [1.29, 1.82) is 0 Å². The summed E-state index contributed by atoms with van der Waals surface area (Å²) >= 11 is 1.32. The Hall–Kier alpha value is -2.41. The fourth-order valence-corrected chi connectivity index (χ4v) is 3.01. The van der Waals surface area contributed by atoms with Crippen LogP contribution in [0.2, 0.25) is 0 Å². The molecular weight excluding hydrogens is 336 g/mol. The van der Waals surface area contributed by atoms with E-state index in [1.54, 1.807) is 18.3 Å². The molecule has 2 amide bonds. The molecule has 0 unspecified atom stereocenters. The molecule has 1 saturated carbocycles. The van der Waals surface area contributed by atoms with Gasteiger partial charge in [0.05, 0.1) is 6.20 Å². The summed E-state index contributed by atoms with van der Waals surface area (Å²) in [7, 11) is 0. The van der Waals surface area contributed by atoms with Gasteiger partial charge in [-0.2, -0.15) is 0 Å². The van der Waals surface area contributed by atoms with E-state index in [0.717, 1.165) is 36.5 Å². The third kappa shape index (κ3) is 4.57. The maximum absolute atomic E-state index is 12.5. The van der Waals surface area contributed by atoms with Crippen molar-refractivity contribution >= 4 is 34.0 Å². The van der Waals surface area contributed by atoms with E-state index in [4.69, 9.17) is 0 Å². The van der Waals surface area contributed by atoms with Crippen LogP contribution in [0.15, 0.2) is 24.4 Å². The van der Waals surface area contributed by atoms with Gasteiger partial charge in [-0.05, 0) is 43.9 Å². The van der Waals surface area contributed by atoms with Crippen LogP contribution in [0.3, 0.4) is 0 Å². The van der Waals surface area contributed by atoms with Crippen LogP contribution in [-0.2, 0) is 0 Å². The fourth-order valence-electron chi connectivity index (χ4n) is 2.27. The highest BCUT2D eigenvalue weighted by Crippen LogP contribution is 2.23. The molecule has 0 aliphatic heterocycles. The summed E-state index contributed by atoms with van der Waals surface area (Å²) in [5, 5.41) is 9.75. The standard InChI is InChI=1S/C18H22N4O2S/c1-3-8-19-18-20-10-15(25-18)17(24)22-14-9-12(5-4-11(14)2)16(23)21-13-6-7-13/h4-5,9-10,13H,3,6-8H2,1-2H3,(H,19,20)(H,21,23)(H,22,24). The molecule has 0 spiro atoms. The Morgan fingerprint density at radius 1 is 1.28 bits per heavy atom. The first-order valence-corrected chi connectivity index (χ1v) is 9.31. The Morgan fingerprint density at radius 2 is 2.08 bits per heavy atom. The highest BCUT2D eigenvalue weighted by molar-refractivity contribution is 7.17. The highest BCUT2D eigenvalue weighted by Gasteiger charge is 2.24. The van der Waals surface area contributed by atoms with Crippen molar-refractivity contribution in [3.63, 3.8) is 0 Å². The Morgan fingerprint density at radius 3 is 2.80 bits per heavy atom. The van der Waals surface area contributed by atoms with Crippen LogP contribution >= 0.6 is 11.3 Å². The number of amides is 2. The summed E-state index contributed by atoms with van der Waals surface area (Å²) in [6.45, 7) is 4.80. The zero-order chi connectivity index (χ0) is 17.8. The Bertz CT molecular complexity index is 783. The van der Waals surface area contributed by atoms with Crippen molar-refractivity contribution in [2.75, 3.05) is 17.2 Å². The quantitative estimate of drug-likeness (QED) is 0.708. The minimum atomic E-state index is -0.218. The molecule has 1 fully saturated rings. The molecule has 1 aromatic heterocycles. The molecule has 25 heavy (non-hydrogen) atoms. The van der Waals surface area contributed by atoms with Crippen LogP contribution < -0.4 is 16.0 Å². The van der Waals surface area contributed by atoms with E-state index in [1.807, 2.05) is 13.0 Å². The van der Waals surface area contributed by atoms with Crippen LogP contribution in [-0.4, -0.2) is 29.4 Å². The number of hydrogen-bond donors (Lipinski definition) is 3. The first-order chi connectivity index (χ1) is 12.1. The summed E-state index contributed by atoms with van der Waals surface area (Å²) in [5.41, 5.74) is 2.11. The molecule has 6 nitrogen and oxygen atoms in total. The number of thiazole rings is 1. The molecule has 1 aliphatic carbocycles. The number of nitrogens with zero attached hydrogens (tertiary/aromatic N) is 1. The topological polar surface area (TPSA) is 83.1 Å². The summed E-state index contributed by atoms with van der Waals surface area (Å²) in [6.07, 6.45) is 4.65. The summed E-state index contributed by atoms with van der Waals surface area (Å²) in [5.74, 6) is -0.313. The van der Waals surface area contributed by atoms with Crippen molar-refractivity contribution in [1.82, 2.24) is 10.3 Å². The number of aryl methyl sites for hydroxylation is 1. The number of rotatable bonds is 7. The normalized spacial score (nSPS) is 13.4. The Labute approximate surface area is 151 Å². The van der Waals surface area contributed by atoms with Crippen molar-refractivity contribution in [2.45, 2.75) is 39.2 Å². The van der Waals surface area contributed by atoms with Crippen molar-refractivity contribution in [3.05, 3.63) is 40.4 Å². The minimum absolute atomic E-state index is 0.0955. The fraction of sp³-hybridized carbons (Fsp3) is 0.389. The molecule has 3 N–H and O–H groups in total. The average Bonchev–Trinajstić information content (AvgIpc) is 3.28. The largest absolute Gasteiger partial charge is 0.362 e. The summed E-state index contributed by atoms with van der Waals surface area (Å²) in [4.78, 5) is 29.4. The number of nitrogens with one attached hydrogen (secondary N) is 3. The van der Waals surface area contributed by atoms with E-state index in [2.05, 4.69) is 27.9 Å². The molecule has 1 aromatic carbocycles. The summed E-state index contributed by atoms with van der Waals surface area (Å²) in [6, 6.07) is 5.65. The zero-order valence-electron chi connectivity index (χ0n) is 14.4. The molecule has 1 heterocycles. The second kappa shape index (κ2) is 7.65. The number of carbonyl (C=O) groups excluding carboxylic acids is 2. The van der Waals surface area contributed by atoms with Crippen molar-refractivity contribution in [3.8, 4) is 0 Å². The van der Waals surface area contributed by atoms with Gasteiger partial charge in [-0.1, -0.05) is 24.3 Å². The van der Waals surface area contributed by atoms with Gasteiger partial charge < -0.3 is 16.0 Å². The van der Waals surface area contributed by atoms with E-state index in [-0.39, 0.29) is 11.8 Å². The van der Waals surface area contributed by atoms with Crippen LogP contribution in [0.1, 0.15) is 51.8 Å². The zero-order valence-corrected chi connectivity index (χ0v) is 15.2. The number of aromatic nitrogens is 1. The van der Waals surface area contributed by atoms with Gasteiger partial charge in [-0.3, -0.25) is 9.59 Å². The first-order valence-electron chi connectivity index (χ1n) is 8.49. The third-order valence-electron chi connectivity index (χ3n) is 3.92. The van der Waals surface area contributed by atoms with Crippen LogP contribution in [0, 0.1) is 6.92 Å². The lowest BCUT2D eigenvalue weighted by Gasteiger charge is -2.10. The van der Waals surface area contributed by atoms with Crippen molar-refractivity contribution < 1.29 is 9.59 Å². The molecule has 0 bridgehead atoms. The predicted octanol–water partition coefficient (Wildman–Crippen LogP) is 3.42. The second-order valence-corrected chi connectivity index (χ2v) is 7.22. The molecule has 0 saturated heterocycles. The molecule has 3 rings (SSSR count). The van der Waals surface area contributed by atoms with Crippen LogP contribution in [0.4, 0.5) is 10.8 Å². The minimum Gasteiger partial charge on any atom is -0.362 e. The summed E-state index contributed by atoms with van der Waals surface area (Å²) < 4.78 is 0. The maximum atomic E-state index is 12.5. The Balaban J connectivity index is 1.69. The monoisotopic (exact) mass is 358 g/mol. The maximum Gasteiger partial charge on any atom is 0.267 e. The smallest absolute Gasteiger partial charge is 0.267 e. The molecular formula is C18H22N4O2S. The lowest BCUT2D eigenvalue weighted by atomic mass is 10.1. The predicted molar refractivity (Wildman–Crippen MR) is 101 cm³/mol. The molecule has 0 atom stereocenters. The van der Waals surface area contributed by atoms with Gasteiger partial charge in [0.25, 0.3) is 11.8 Å². The number of benzene rings is 1. The van der Waals surface area contributed by atoms with Gasteiger partial charge in [-0.15, -0.1) is 0 Å². The van der Waals surface area contributed by atoms with E-state index >= 15 is 0 Å². The van der Waals surface area contributed by atoms with Crippen LogP contribution in [0.5, 0.6) is 0 Å². The average molecular weight is 358 g/mol. The second-order valence-electron chi connectivity index (χ2n) is 6.19. The molecule has 0 radical (unpaired) electrons. The number of anilines is 2. The number of carbonyl (C=O) groups is 2. The van der Waals surface area contributed by atoms with Crippen LogP contribution in [0.25, 0.3) is 0 Å². The Kier molecular flexibility index (Phi) is 5.33. The third-order valence-corrected chi connectivity index (χ3v) is 4.87. The van der Waals surface area contributed by atoms with Gasteiger partial charge in [0.2, 0.25) is 0 Å². The van der Waals surface area contributed by atoms with Crippen molar-refractivity contribution in [2.24, 2.45) is 0 Å². The van der Waals surface area contributed by atoms with Gasteiger partial charge in [-0.25, -0.2) is 4.98 Å². The van der Waals surface area contributed by atoms with Gasteiger partial charge in [0, 0.05) is 23.8 Å². The highest BCUT2D eigenvalue weighted by atomic mass is 32.1. The molecule has 132 valence electrons. The molecule has 7 heteroatoms. The van der Waals surface area contributed by atoms with E-state index in [9.17, 15) is 9.59 Å². The van der Waals surface area contributed by atoms with Gasteiger partial charge in [0.1, 0.15) is 4.88 Å². The van der Waals surface area contributed by atoms with Gasteiger partial charge in [0.15, 0.2) is 5.13 Å². The van der Waals surface area contributed by atoms with Gasteiger partial charge >= 0.3 is 0 Å². The van der Waals surface area contributed by atoms with E-state index < -0.39 is 0 Å². The molecule has 2 aromatic rings.